The quantitative estimate of drug-likeness (QED) is 0.890. The van der Waals surface area contributed by atoms with Crippen molar-refractivity contribution in [3.05, 3.63) is 11.8 Å². The Labute approximate surface area is 149 Å². The van der Waals surface area contributed by atoms with Crippen LogP contribution in [-0.4, -0.2) is 45.5 Å². The molecule has 6 nitrogen and oxygen atoms in total. The summed E-state index contributed by atoms with van der Waals surface area (Å²) >= 11 is 0. The van der Waals surface area contributed by atoms with E-state index in [1.54, 1.807) is 0 Å². The van der Waals surface area contributed by atoms with Crippen LogP contribution in [0.4, 0.5) is 10.6 Å². The SMILES string of the molecule is Cc1cc(NC(=O)N2CC(C)(C)OC[C@@H]2C)n(C2CC3CCC2C3)n1. The van der Waals surface area contributed by atoms with Crippen LogP contribution in [0.2, 0.25) is 0 Å². The highest BCUT2D eigenvalue weighted by atomic mass is 16.5. The van der Waals surface area contributed by atoms with Crippen molar-refractivity contribution in [3.63, 3.8) is 0 Å². The number of morpholine rings is 1. The van der Waals surface area contributed by atoms with Gasteiger partial charge in [-0.1, -0.05) is 6.42 Å². The molecule has 2 aliphatic carbocycles. The van der Waals surface area contributed by atoms with E-state index in [0.29, 0.717) is 19.2 Å². The molecule has 25 heavy (non-hydrogen) atoms. The number of anilines is 1. The minimum absolute atomic E-state index is 0.0480. The molecule has 1 aromatic heterocycles. The number of nitrogens with one attached hydrogen (secondary N) is 1. The fourth-order valence-electron chi connectivity index (χ4n) is 4.87. The van der Waals surface area contributed by atoms with Crippen molar-refractivity contribution in [2.24, 2.45) is 11.8 Å². The van der Waals surface area contributed by atoms with Crippen molar-refractivity contribution >= 4 is 11.8 Å². The van der Waals surface area contributed by atoms with E-state index in [1.165, 1.54) is 25.7 Å². The molecule has 2 bridgehead atoms. The van der Waals surface area contributed by atoms with Crippen LogP contribution in [0.1, 0.15) is 58.2 Å². The van der Waals surface area contributed by atoms with E-state index in [1.807, 2.05) is 38.7 Å². The summed E-state index contributed by atoms with van der Waals surface area (Å²) < 4.78 is 7.90. The Morgan fingerprint density at radius 3 is 2.84 bits per heavy atom. The second kappa shape index (κ2) is 6.01. The number of aryl methyl sites for hydroxylation is 1. The fourth-order valence-corrected chi connectivity index (χ4v) is 4.87. The number of hydrogen-bond acceptors (Lipinski definition) is 3. The summed E-state index contributed by atoms with van der Waals surface area (Å²) in [6, 6.07) is 2.47. The van der Waals surface area contributed by atoms with Gasteiger partial charge in [0.2, 0.25) is 0 Å². The molecule has 2 amide bonds. The monoisotopic (exact) mass is 346 g/mol. The lowest BCUT2D eigenvalue weighted by Gasteiger charge is -2.42. The molecule has 3 unspecified atom stereocenters. The lowest BCUT2D eigenvalue weighted by Crippen LogP contribution is -2.56. The molecule has 4 rings (SSSR count). The molecule has 0 spiro atoms. The summed E-state index contributed by atoms with van der Waals surface area (Å²) in [5.41, 5.74) is 0.665. The van der Waals surface area contributed by atoms with Crippen LogP contribution in [0.25, 0.3) is 0 Å². The first kappa shape index (κ1) is 16.9. The van der Waals surface area contributed by atoms with Crippen LogP contribution < -0.4 is 5.32 Å². The summed E-state index contributed by atoms with van der Waals surface area (Å²) in [6.45, 7) is 9.27. The second-order valence-corrected chi connectivity index (χ2v) is 8.84. The number of hydrogen-bond donors (Lipinski definition) is 1. The average molecular weight is 346 g/mol. The van der Waals surface area contributed by atoms with Gasteiger partial charge < -0.3 is 9.64 Å². The Morgan fingerprint density at radius 2 is 2.16 bits per heavy atom. The zero-order valence-corrected chi connectivity index (χ0v) is 15.8. The lowest BCUT2D eigenvalue weighted by atomic mass is 9.95. The van der Waals surface area contributed by atoms with E-state index >= 15 is 0 Å². The van der Waals surface area contributed by atoms with Crippen molar-refractivity contribution in [2.45, 2.75) is 71.1 Å². The van der Waals surface area contributed by atoms with Gasteiger partial charge in [0, 0.05) is 6.07 Å². The predicted molar refractivity (Wildman–Crippen MR) is 96.7 cm³/mol. The average Bonchev–Trinajstić information content (AvgIpc) is 3.25. The largest absolute Gasteiger partial charge is 0.372 e. The van der Waals surface area contributed by atoms with Crippen molar-refractivity contribution in [1.29, 1.82) is 0 Å². The van der Waals surface area contributed by atoms with Gasteiger partial charge in [-0.25, -0.2) is 9.48 Å². The van der Waals surface area contributed by atoms with Gasteiger partial charge in [0.15, 0.2) is 0 Å². The molecule has 2 saturated carbocycles. The Bertz CT molecular complexity index is 668. The van der Waals surface area contributed by atoms with Crippen LogP contribution in [0, 0.1) is 18.8 Å². The summed E-state index contributed by atoms with van der Waals surface area (Å²) in [7, 11) is 0. The maximum Gasteiger partial charge on any atom is 0.323 e. The highest BCUT2D eigenvalue weighted by molar-refractivity contribution is 5.89. The predicted octanol–water partition coefficient (Wildman–Crippen LogP) is 3.58. The first-order chi connectivity index (χ1) is 11.8. The van der Waals surface area contributed by atoms with Crippen LogP contribution in [0.3, 0.4) is 0 Å². The van der Waals surface area contributed by atoms with E-state index in [2.05, 4.69) is 10.00 Å². The number of urea groups is 1. The van der Waals surface area contributed by atoms with Crippen molar-refractivity contribution in [1.82, 2.24) is 14.7 Å². The fraction of sp³-hybridized carbons (Fsp3) is 0.789. The van der Waals surface area contributed by atoms with Gasteiger partial charge in [0.25, 0.3) is 0 Å². The van der Waals surface area contributed by atoms with Crippen LogP contribution in [-0.2, 0) is 4.74 Å². The number of aromatic nitrogens is 2. The van der Waals surface area contributed by atoms with Gasteiger partial charge >= 0.3 is 6.03 Å². The van der Waals surface area contributed by atoms with Gasteiger partial charge in [-0.3, -0.25) is 5.32 Å². The molecule has 1 saturated heterocycles. The van der Waals surface area contributed by atoms with E-state index in [0.717, 1.165) is 23.3 Å². The molecule has 1 N–H and O–H groups in total. The van der Waals surface area contributed by atoms with Crippen LogP contribution in [0.5, 0.6) is 0 Å². The number of carbonyl (C=O) groups excluding carboxylic acids is 1. The molecule has 0 radical (unpaired) electrons. The third kappa shape index (κ3) is 3.16. The maximum absolute atomic E-state index is 12.9. The molecule has 0 aromatic carbocycles. The van der Waals surface area contributed by atoms with Gasteiger partial charge in [-0.2, -0.15) is 5.10 Å². The number of ether oxygens (including phenoxy) is 1. The highest BCUT2D eigenvalue weighted by Crippen LogP contribution is 2.51. The normalized spacial score (nSPS) is 33.7. The topological polar surface area (TPSA) is 59.4 Å². The molecule has 3 fully saturated rings. The minimum atomic E-state index is -0.301. The Kier molecular flexibility index (Phi) is 4.06. The zero-order valence-electron chi connectivity index (χ0n) is 15.8. The molecule has 2 heterocycles. The molecule has 4 atom stereocenters. The summed E-state index contributed by atoms with van der Waals surface area (Å²) in [6.07, 6.45) is 5.20. The van der Waals surface area contributed by atoms with E-state index in [9.17, 15) is 4.79 Å². The minimum Gasteiger partial charge on any atom is -0.372 e. The van der Waals surface area contributed by atoms with Crippen LogP contribution >= 0.6 is 0 Å². The van der Waals surface area contributed by atoms with Gasteiger partial charge in [0.1, 0.15) is 5.82 Å². The lowest BCUT2D eigenvalue weighted by molar-refractivity contribution is -0.0938. The Hall–Kier alpha value is -1.56. The van der Waals surface area contributed by atoms with Gasteiger partial charge in [0.05, 0.1) is 36.5 Å². The Balaban J connectivity index is 1.52. The van der Waals surface area contributed by atoms with Gasteiger partial charge in [-0.05, 0) is 58.8 Å². The zero-order chi connectivity index (χ0) is 17.8. The molecule has 1 aromatic rings. The molecule has 138 valence electrons. The van der Waals surface area contributed by atoms with E-state index < -0.39 is 0 Å². The van der Waals surface area contributed by atoms with Crippen molar-refractivity contribution in [2.75, 3.05) is 18.5 Å². The Morgan fingerprint density at radius 1 is 1.36 bits per heavy atom. The standard InChI is InChI=1S/C19H30N4O2/c1-12-7-17(23(21-12)16-9-14-5-6-15(16)8-14)20-18(24)22-11-19(3,4)25-10-13(22)2/h7,13-16H,5-6,8-11H2,1-4H3,(H,20,24)/t13-,14?,15?,16?/m0/s1. The number of amides is 2. The van der Waals surface area contributed by atoms with E-state index in [-0.39, 0.29) is 17.7 Å². The third-order valence-corrected chi connectivity index (χ3v) is 6.17. The van der Waals surface area contributed by atoms with Crippen molar-refractivity contribution < 1.29 is 9.53 Å². The summed E-state index contributed by atoms with van der Waals surface area (Å²) in [4.78, 5) is 14.8. The first-order valence-electron chi connectivity index (χ1n) is 9.60. The highest BCUT2D eigenvalue weighted by Gasteiger charge is 2.42. The van der Waals surface area contributed by atoms with E-state index in [4.69, 9.17) is 9.84 Å². The molecular weight excluding hydrogens is 316 g/mol. The number of carbonyl (C=O) groups is 1. The third-order valence-electron chi connectivity index (χ3n) is 6.17. The molecule has 6 heteroatoms. The molecule has 1 aliphatic heterocycles. The smallest absolute Gasteiger partial charge is 0.323 e. The molecular formula is C19H30N4O2. The maximum atomic E-state index is 12.9. The van der Waals surface area contributed by atoms with Gasteiger partial charge in [-0.15, -0.1) is 0 Å². The number of rotatable bonds is 2. The van der Waals surface area contributed by atoms with Crippen molar-refractivity contribution in [3.8, 4) is 0 Å². The first-order valence-corrected chi connectivity index (χ1v) is 9.60. The number of fused-ring (bicyclic) bond motifs is 2. The molecule has 3 aliphatic rings. The second-order valence-electron chi connectivity index (χ2n) is 8.84. The summed E-state index contributed by atoms with van der Waals surface area (Å²) in [5.74, 6) is 2.42. The number of nitrogens with zero attached hydrogens (tertiary/aromatic N) is 3. The van der Waals surface area contributed by atoms with Crippen LogP contribution in [0.15, 0.2) is 6.07 Å². The summed E-state index contributed by atoms with van der Waals surface area (Å²) in [5, 5.41) is 7.85.